The summed E-state index contributed by atoms with van der Waals surface area (Å²) in [6, 6.07) is 9.98. The van der Waals surface area contributed by atoms with Crippen LogP contribution >= 0.6 is 11.3 Å². The van der Waals surface area contributed by atoms with Gasteiger partial charge >= 0.3 is 0 Å². The SMILES string of the molecule is Cc1ccccc1CCNC(=O)CCCNC(=O)c1ccsc1. The molecule has 0 aliphatic carbocycles. The van der Waals surface area contributed by atoms with Crippen molar-refractivity contribution in [1.29, 1.82) is 0 Å². The first kappa shape index (κ1) is 17.2. The van der Waals surface area contributed by atoms with E-state index in [2.05, 4.69) is 29.7 Å². The van der Waals surface area contributed by atoms with Gasteiger partial charge in [0.25, 0.3) is 5.91 Å². The molecule has 0 atom stereocenters. The van der Waals surface area contributed by atoms with Crippen molar-refractivity contribution in [1.82, 2.24) is 10.6 Å². The molecule has 2 aromatic rings. The van der Waals surface area contributed by atoms with Gasteiger partial charge in [-0.2, -0.15) is 11.3 Å². The molecular formula is C18H22N2O2S. The maximum atomic E-state index is 11.8. The van der Waals surface area contributed by atoms with E-state index in [0.29, 0.717) is 31.5 Å². The average molecular weight is 330 g/mol. The molecule has 2 N–H and O–H groups in total. The molecule has 1 aromatic carbocycles. The number of carbonyl (C=O) groups is 2. The van der Waals surface area contributed by atoms with E-state index in [1.54, 1.807) is 6.07 Å². The van der Waals surface area contributed by atoms with Crippen molar-refractivity contribution < 1.29 is 9.59 Å². The third-order valence-electron chi connectivity index (χ3n) is 3.63. The van der Waals surface area contributed by atoms with E-state index < -0.39 is 0 Å². The van der Waals surface area contributed by atoms with E-state index in [1.807, 2.05) is 22.9 Å². The maximum Gasteiger partial charge on any atom is 0.252 e. The van der Waals surface area contributed by atoms with Crippen LogP contribution < -0.4 is 10.6 Å². The first-order valence-electron chi connectivity index (χ1n) is 7.78. The number of amides is 2. The summed E-state index contributed by atoms with van der Waals surface area (Å²) in [7, 11) is 0. The summed E-state index contributed by atoms with van der Waals surface area (Å²) >= 11 is 1.50. The van der Waals surface area contributed by atoms with Gasteiger partial charge in [-0.1, -0.05) is 24.3 Å². The van der Waals surface area contributed by atoms with E-state index in [9.17, 15) is 9.59 Å². The minimum Gasteiger partial charge on any atom is -0.356 e. The zero-order chi connectivity index (χ0) is 16.5. The van der Waals surface area contributed by atoms with Crippen molar-refractivity contribution in [3.8, 4) is 0 Å². The molecule has 23 heavy (non-hydrogen) atoms. The minimum atomic E-state index is -0.0776. The Bertz CT molecular complexity index is 638. The van der Waals surface area contributed by atoms with Crippen LogP contribution in [0.1, 0.15) is 34.3 Å². The molecule has 0 radical (unpaired) electrons. The van der Waals surface area contributed by atoms with E-state index in [1.165, 1.54) is 22.5 Å². The van der Waals surface area contributed by atoms with E-state index in [-0.39, 0.29) is 11.8 Å². The van der Waals surface area contributed by atoms with E-state index in [4.69, 9.17) is 0 Å². The maximum absolute atomic E-state index is 11.8. The van der Waals surface area contributed by atoms with Gasteiger partial charge in [-0.25, -0.2) is 0 Å². The minimum absolute atomic E-state index is 0.0309. The zero-order valence-electron chi connectivity index (χ0n) is 13.3. The van der Waals surface area contributed by atoms with Crippen molar-refractivity contribution in [2.75, 3.05) is 13.1 Å². The normalized spacial score (nSPS) is 10.3. The summed E-state index contributed by atoms with van der Waals surface area (Å²) < 4.78 is 0. The Labute approximate surface area is 140 Å². The molecule has 0 unspecified atom stereocenters. The fourth-order valence-corrected chi connectivity index (χ4v) is 2.90. The van der Waals surface area contributed by atoms with Crippen LogP contribution in [0.15, 0.2) is 41.1 Å². The van der Waals surface area contributed by atoms with Crippen LogP contribution in [0.5, 0.6) is 0 Å². The highest BCUT2D eigenvalue weighted by Gasteiger charge is 2.06. The number of carbonyl (C=O) groups excluding carboxylic acids is 2. The third kappa shape index (κ3) is 5.87. The zero-order valence-corrected chi connectivity index (χ0v) is 14.1. The largest absolute Gasteiger partial charge is 0.356 e. The predicted molar refractivity (Wildman–Crippen MR) is 93.8 cm³/mol. The van der Waals surface area contributed by atoms with Gasteiger partial charge in [-0.05, 0) is 42.3 Å². The van der Waals surface area contributed by atoms with E-state index >= 15 is 0 Å². The second-order valence-electron chi connectivity index (χ2n) is 5.40. The molecule has 2 amide bonds. The summed E-state index contributed by atoms with van der Waals surface area (Å²) in [5.41, 5.74) is 3.19. The van der Waals surface area contributed by atoms with Crippen LogP contribution in [0.4, 0.5) is 0 Å². The van der Waals surface area contributed by atoms with Gasteiger partial charge in [-0.15, -0.1) is 0 Å². The van der Waals surface area contributed by atoms with Crippen LogP contribution in [0, 0.1) is 6.92 Å². The van der Waals surface area contributed by atoms with Crippen LogP contribution in [-0.4, -0.2) is 24.9 Å². The van der Waals surface area contributed by atoms with Crippen molar-refractivity contribution >= 4 is 23.2 Å². The average Bonchev–Trinajstić information content (AvgIpc) is 3.08. The van der Waals surface area contributed by atoms with Gasteiger partial charge in [0.15, 0.2) is 0 Å². The Morgan fingerprint density at radius 3 is 2.65 bits per heavy atom. The lowest BCUT2D eigenvalue weighted by atomic mass is 10.1. The number of hydrogen-bond acceptors (Lipinski definition) is 3. The van der Waals surface area contributed by atoms with Gasteiger partial charge in [0.05, 0.1) is 0 Å². The highest BCUT2D eigenvalue weighted by Crippen LogP contribution is 2.07. The number of nitrogens with one attached hydrogen (secondary N) is 2. The molecule has 122 valence electrons. The first-order chi connectivity index (χ1) is 11.2. The third-order valence-corrected chi connectivity index (χ3v) is 4.31. The molecule has 1 aromatic heterocycles. The van der Waals surface area contributed by atoms with Crippen LogP contribution in [0.2, 0.25) is 0 Å². The molecule has 0 spiro atoms. The van der Waals surface area contributed by atoms with E-state index in [0.717, 1.165) is 6.42 Å². The van der Waals surface area contributed by atoms with Gasteiger partial charge in [0, 0.05) is 30.5 Å². The molecule has 1 heterocycles. The summed E-state index contributed by atoms with van der Waals surface area (Å²) in [4.78, 5) is 23.5. The second kappa shape index (κ2) is 9.10. The molecule has 0 saturated carbocycles. The van der Waals surface area contributed by atoms with Gasteiger partial charge < -0.3 is 10.6 Å². The monoisotopic (exact) mass is 330 g/mol. The number of aryl methyl sites for hydroxylation is 1. The number of hydrogen-bond donors (Lipinski definition) is 2. The van der Waals surface area contributed by atoms with Crippen molar-refractivity contribution in [3.05, 3.63) is 57.8 Å². The topological polar surface area (TPSA) is 58.2 Å². The lowest BCUT2D eigenvalue weighted by molar-refractivity contribution is -0.121. The standard InChI is InChI=1S/C18H22N2O2S/c1-14-5-2-3-6-15(14)8-11-19-17(21)7-4-10-20-18(22)16-9-12-23-13-16/h2-3,5-6,9,12-13H,4,7-8,10-11H2,1H3,(H,19,21)(H,20,22). The molecule has 2 rings (SSSR count). The molecular weight excluding hydrogens is 308 g/mol. The molecule has 0 aliphatic rings. The Hall–Kier alpha value is -2.14. The van der Waals surface area contributed by atoms with Crippen molar-refractivity contribution in [2.24, 2.45) is 0 Å². The lowest BCUT2D eigenvalue weighted by Crippen LogP contribution is -2.28. The molecule has 4 nitrogen and oxygen atoms in total. The highest BCUT2D eigenvalue weighted by molar-refractivity contribution is 7.08. The van der Waals surface area contributed by atoms with Gasteiger partial charge in [0.1, 0.15) is 0 Å². The van der Waals surface area contributed by atoms with Crippen LogP contribution in [0.3, 0.4) is 0 Å². The number of rotatable bonds is 8. The van der Waals surface area contributed by atoms with Crippen LogP contribution in [-0.2, 0) is 11.2 Å². The fraction of sp³-hybridized carbons (Fsp3) is 0.333. The molecule has 0 bridgehead atoms. The second-order valence-corrected chi connectivity index (χ2v) is 6.18. The summed E-state index contributed by atoms with van der Waals surface area (Å²) in [6.45, 7) is 3.23. The van der Waals surface area contributed by atoms with Crippen molar-refractivity contribution in [3.63, 3.8) is 0 Å². The quantitative estimate of drug-likeness (QED) is 0.731. The molecule has 0 fully saturated rings. The lowest BCUT2D eigenvalue weighted by Gasteiger charge is -2.08. The van der Waals surface area contributed by atoms with Gasteiger partial charge in [-0.3, -0.25) is 9.59 Å². The predicted octanol–water partition coefficient (Wildman–Crippen LogP) is 2.93. The first-order valence-corrected chi connectivity index (χ1v) is 8.72. The highest BCUT2D eigenvalue weighted by atomic mass is 32.1. The molecule has 0 aliphatic heterocycles. The van der Waals surface area contributed by atoms with Gasteiger partial charge in [0.2, 0.25) is 5.91 Å². The Balaban J connectivity index is 1.57. The summed E-state index contributed by atoms with van der Waals surface area (Å²) in [5, 5.41) is 9.43. The fourth-order valence-electron chi connectivity index (χ4n) is 2.26. The number of benzene rings is 1. The number of thiophene rings is 1. The van der Waals surface area contributed by atoms with Crippen LogP contribution in [0.25, 0.3) is 0 Å². The van der Waals surface area contributed by atoms with Crippen molar-refractivity contribution in [2.45, 2.75) is 26.2 Å². The molecule has 0 saturated heterocycles. The Morgan fingerprint density at radius 2 is 1.91 bits per heavy atom. The smallest absolute Gasteiger partial charge is 0.252 e. The molecule has 5 heteroatoms. The Morgan fingerprint density at radius 1 is 1.09 bits per heavy atom. The Kier molecular flexibility index (Phi) is 6.81. The summed E-state index contributed by atoms with van der Waals surface area (Å²) in [5.74, 6) is -0.0467. The summed E-state index contributed by atoms with van der Waals surface area (Å²) in [6.07, 6.45) is 1.91.